The second-order valence-electron chi connectivity index (χ2n) is 7.78. The molecule has 0 atom stereocenters. The molecule has 2 aromatic rings. The fourth-order valence-corrected chi connectivity index (χ4v) is 4.44. The van der Waals surface area contributed by atoms with Crippen LogP contribution in [0.2, 0.25) is 0 Å². The molecule has 1 aromatic heterocycles. The van der Waals surface area contributed by atoms with Gasteiger partial charge in [-0.2, -0.15) is 0 Å². The third kappa shape index (κ3) is 4.02. The van der Waals surface area contributed by atoms with E-state index in [9.17, 15) is 4.79 Å². The molecule has 1 fully saturated rings. The summed E-state index contributed by atoms with van der Waals surface area (Å²) in [4.78, 5) is 19.5. The topological polar surface area (TPSA) is 47.4 Å². The third-order valence-corrected chi connectivity index (χ3v) is 6.06. The first-order valence-electron chi connectivity index (χ1n) is 10.2. The van der Waals surface area contributed by atoms with E-state index in [1.54, 1.807) is 7.11 Å². The first-order valence-corrected chi connectivity index (χ1v) is 10.2. The van der Waals surface area contributed by atoms with Crippen LogP contribution in [0, 0.1) is 5.92 Å². The van der Waals surface area contributed by atoms with Gasteiger partial charge in [0.05, 0.1) is 19.0 Å². The molecule has 27 heavy (non-hydrogen) atoms. The molecule has 1 aromatic carbocycles. The van der Waals surface area contributed by atoms with Crippen LogP contribution in [0.3, 0.4) is 0 Å². The minimum Gasteiger partial charge on any atom is -0.497 e. The van der Waals surface area contributed by atoms with Gasteiger partial charge >= 0.3 is 0 Å². The molecular weight excluding hydrogens is 338 g/mol. The Morgan fingerprint density at radius 3 is 2.63 bits per heavy atom. The van der Waals surface area contributed by atoms with Crippen molar-refractivity contribution in [3.63, 3.8) is 0 Å². The Kier molecular flexibility index (Phi) is 5.46. The largest absolute Gasteiger partial charge is 0.497 e. The molecule has 1 aliphatic heterocycles. The minimum atomic E-state index is 0.332. The molecule has 5 heteroatoms. The normalized spacial score (nSPS) is 18.0. The van der Waals surface area contributed by atoms with Crippen molar-refractivity contribution in [2.45, 2.75) is 51.5 Å². The molecule has 1 aliphatic carbocycles. The molecule has 0 spiro atoms. The van der Waals surface area contributed by atoms with Crippen LogP contribution in [0.4, 0.5) is 0 Å². The van der Waals surface area contributed by atoms with E-state index in [0.717, 1.165) is 55.3 Å². The van der Waals surface area contributed by atoms with Crippen LogP contribution in [0.15, 0.2) is 30.5 Å². The molecule has 0 radical (unpaired) electrons. The zero-order valence-corrected chi connectivity index (χ0v) is 16.2. The molecule has 2 aliphatic rings. The molecule has 2 heterocycles. The summed E-state index contributed by atoms with van der Waals surface area (Å²) < 4.78 is 7.53. The number of aromatic nitrogens is 2. The van der Waals surface area contributed by atoms with Crippen LogP contribution in [0.5, 0.6) is 5.75 Å². The average Bonchev–Trinajstić information content (AvgIpc) is 2.99. The van der Waals surface area contributed by atoms with Gasteiger partial charge in [0.2, 0.25) is 5.91 Å². The molecule has 4 rings (SSSR count). The number of hydrogen-bond acceptors (Lipinski definition) is 3. The summed E-state index contributed by atoms with van der Waals surface area (Å²) in [6, 6.07) is 8.10. The van der Waals surface area contributed by atoms with Crippen LogP contribution in [-0.2, 0) is 17.8 Å². The Morgan fingerprint density at radius 2 is 1.89 bits per heavy atom. The summed E-state index contributed by atoms with van der Waals surface area (Å²) in [6.45, 7) is 2.37. The van der Waals surface area contributed by atoms with Gasteiger partial charge in [-0.1, -0.05) is 19.3 Å². The molecule has 1 amide bonds. The standard InChI is InChI=1S/C22H29N3O2/c1-27-19-9-7-18(8-10-19)20-16-23-21-11-12-24(13-14-25(20)21)22(26)15-17-5-3-2-4-6-17/h7-10,16-17H,2-6,11-15H2,1H3. The number of carbonyl (C=O) groups is 1. The number of rotatable bonds is 4. The fraction of sp³-hybridized carbons (Fsp3) is 0.545. The monoisotopic (exact) mass is 367 g/mol. The van der Waals surface area contributed by atoms with Gasteiger partial charge in [0.15, 0.2) is 0 Å². The van der Waals surface area contributed by atoms with Gasteiger partial charge in [-0.3, -0.25) is 4.79 Å². The van der Waals surface area contributed by atoms with E-state index in [4.69, 9.17) is 4.74 Å². The highest BCUT2D eigenvalue weighted by Crippen LogP contribution is 2.28. The van der Waals surface area contributed by atoms with Crippen molar-refractivity contribution in [3.8, 4) is 17.0 Å². The van der Waals surface area contributed by atoms with Crippen LogP contribution in [-0.4, -0.2) is 40.6 Å². The molecule has 0 saturated heterocycles. The number of carbonyl (C=O) groups excluding carboxylic acids is 1. The Hall–Kier alpha value is -2.30. The lowest BCUT2D eigenvalue weighted by Crippen LogP contribution is -2.35. The molecule has 0 N–H and O–H groups in total. The molecule has 1 saturated carbocycles. The average molecular weight is 367 g/mol. The SMILES string of the molecule is COc1ccc(-c2cnc3n2CCN(C(=O)CC2CCCCC2)CC3)cc1. The summed E-state index contributed by atoms with van der Waals surface area (Å²) in [5, 5.41) is 0. The Labute approximate surface area is 161 Å². The van der Waals surface area contributed by atoms with Crippen LogP contribution in [0.1, 0.15) is 44.3 Å². The lowest BCUT2D eigenvalue weighted by molar-refractivity contribution is -0.132. The number of hydrogen-bond donors (Lipinski definition) is 0. The number of methoxy groups -OCH3 is 1. The summed E-state index contributed by atoms with van der Waals surface area (Å²) >= 11 is 0. The third-order valence-electron chi connectivity index (χ3n) is 6.06. The second-order valence-corrected chi connectivity index (χ2v) is 7.78. The number of imidazole rings is 1. The maximum absolute atomic E-state index is 12.8. The van der Waals surface area contributed by atoms with E-state index in [1.165, 1.54) is 32.1 Å². The lowest BCUT2D eigenvalue weighted by atomic mass is 9.86. The fourth-order valence-electron chi connectivity index (χ4n) is 4.44. The van der Waals surface area contributed by atoms with E-state index < -0.39 is 0 Å². The van der Waals surface area contributed by atoms with Crippen molar-refractivity contribution in [2.75, 3.05) is 20.2 Å². The van der Waals surface area contributed by atoms with Gasteiger partial charge in [-0.05, 0) is 43.0 Å². The van der Waals surface area contributed by atoms with Crippen molar-refractivity contribution >= 4 is 5.91 Å². The van der Waals surface area contributed by atoms with Gasteiger partial charge in [0.25, 0.3) is 0 Å². The first-order chi connectivity index (χ1) is 13.2. The van der Waals surface area contributed by atoms with Crippen molar-refractivity contribution in [2.24, 2.45) is 5.92 Å². The second kappa shape index (κ2) is 8.15. The predicted molar refractivity (Wildman–Crippen MR) is 106 cm³/mol. The van der Waals surface area contributed by atoms with E-state index in [1.807, 2.05) is 18.3 Å². The number of nitrogens with zero attached hydrogens (tertiary/aromatic N) is 3. The minimum absolute atomic E-state index is 0.332. The zero-order chi connectivity index (χ0) is 18.6. The zero-order valence-electron chi connectivity index (χ0n) is 16.2. The van der Waals surface area contributed by atoms with E-state index in [2.05, 4.69) is 26.6 Å². The van der Waals surface area contributed by atoms with E-state index >= 15 is 0 Å². The van der Waals surface area contributed by atoms with E-state index in [-0.39, 0.29) is 0 Å². The van der Waals surface area contributed by atoms with Crippen molar-refractivity contribution in [3.05, 3.63) is 36.3 Å². The molecular formula is C22H29N3O2. The Balaban J connectivity index is 1.43. The molecule has 5 nitrogen and oxygen atoms in total. The maximum Gasteiger partial charge on any atom is 0.222 e. The smallest absolute Gasteiger partial charge is 0.222 e. The number of amides is 1. The summed E-state index contributed by atoms with van der Waals surface area (Å²) in [5.41, 5.74) is 2.26. The van der Waals surface area contributed by atoms with Crippen molar-refractivity contribution < 1.29 is 9.53 Å². The molecule has 144 valence electrons. The van der Waals surface area contributed by atoms with Gasteiger partial charge in [-0.25, -0.2) is 4.98 Å². The van der Waals surface area contributed by atoms with Crippen molar-refractivity contribution in [1.82, 2.24) is 14.5 Å². The summed E-state index contributed by atoms with van der Waals surface area (Å²) in [7, 11) is 1.68. The lowest BCUT2D eigenvalue weighted by Gasteiger charge is -2.25. The van der Waals surface area contributed by atoms with Crippen LogP contribution >= 0.6 is 0 Å². The molecule has 0 unspecified atom stereocenters. The van der Waals surface area contributed by atoms with Gasteiger partial charge in [0, 0.05) is 38.0 Å². The van der Waals surface area contributed by atoms with Gasteiger partial charge in [0.1, 0.15) is 11.6 Å². The van der Waals surface area contributed by atoms with E-state index in [0.29, 0.717) is 11.8 Å². The Bertz CT molecular complexity index is 775. The number of ether oxygens (including phenoxy) is 1. The van der Waals surface area contributed by atoms with Crippen molar-refractivity contribution in [1.29, 1.82) is 0 Å². The molecule has 0 bridgehead atoms. The number of benzene rings is 1. The summed E-state index contributed by atoms with van der Waals surface area (Å²) in [5.74, 6) is 2.86. The highest BCUT2D eigenvalue weighted by atomic mass is 16.5. The van der Waals surface area contributed by atoms with Gasteiger partial charge < -0.3 is 14.2 Å². The Morgan fingerprint density at radius 1 is 1.11 bits per heavy atom. The first kappa shape index (κ1) is 18.1. The highest BCUT2D eigenvalue weighted by Gasteiger charge is 2.24. The van der Waals surface area contributed by atoms with Crippen LogP contribution < -0.4 is 4.74 Å². The van der Waals surface area contributed by atoms with Crippen LogP contribution in [0.25, 0.3) is 11.3 Å². The van der Waals surface area contributed by atoms with Gasteiger partial charge in [-0.15, -0.1) is 0 Å². The highest BCUT2D eigenvalue weighted by molar-refractivity contribution is 5.76. The maximum atomic E-state index is 12.8. The number of fused-ring (bicyclic) bond motifs is 1. The summed E-state index contributed by atoms with van der Waals surface area (Å²) in [6.07, 6.45) is 9.88. The quantitative estimate of drug-likeness (QED) is 0.823. The predicted octanol–water partition coefficient (Wildman–Crippen LogP) is 3.91.